The fourth-order valence-corrected chi connectivity index (χ4v) is 0.246. The van der Waals surface area contributed by atoms with Crippen LogP contribution in [0.3, 0.4) is 0 Å². The van der Waals surface area contributed by atoms with E-state index in [1.165, 1.54) is 6.92 Å². The van der Waals surface area contributed by atoms with Gasteiger partial charge in [0.1, 0.15) is 0 Å². The maximum absolute atomic E-state index is 9.98. The first-order valence-electron chi connectivity index (χ1n) is 3.06. The molecule has 0 atom stereocenters. The van der Waals surface area contributed by atoms with E-state index in [4.69, 9.17) is 14.4 Å². The standard InChI is InChI=1S/C5H10O2.H3O3P/c1-3-4-7-5(2)6;1-4(2)3/h3-4H2,1-2H3;4H,(H2,1,2,3). The van der Waals surface area contributed by atoms with Gasteiger partial charge >= 0.3 is 14.2 Å². The van der Waals surface area contributed by atoms with Crippen molar-refractivity contribution >= 4 is 14.2 Å². The number of carbonyl (C=O) groups excluding carboxylic acids is 1. The molecule has 0 saturated heterocycles. The van der Waals surface area contributed by atoms with Crippen molar-refractivity contribution in [3.63, 3.8) is 0 Å². The van der Waals surface area contributed by atoms with Gasteiger partial charge in [-0.3, -0.25) is 9.36 Å². The van der Waals surface area contributed by atoms with Crippen LogP contribution in [0.4, 0.5) is 0 Å². The van der Waals surface area contributed by atoms with Gasteiger partial charge in [0.05, 0.1) is 6.61 Å². The van der Waals surface area contributed by atoms with Crippen LogP contribution >= 0.6 is 8.25 Å². The monoisotopic (exact) mass is 184 g/mol. The van der Waals surface area contributed by atoms with E-state index in [1.54, 1.807) is 0 Å². The predicted molar refractivity (Wildman–Crippen MR) is 40.4 cm³/mol. The van der Waals surface area contributed by atoms with Gasteiger partial charge in [0.25, 0.3) is 0 Å². The van der Waals surface area contributed by atoms with Crippen molar-refractivity contribution in [1.29, 1.82) is 0 Å². The highest BCUT2D eigenvalue weighted by molar-refractivity contribution is 7.30. The van der Waals surface area contributed by atoms with E-state index in [2.05, 4.69) is 4.74 Å². The average Bonchev–Trinajstić information content (AvgIpc) is 1.82. The molecule has 6 heteroatoms. The van der Waals surface area contributed by atoms with Crippen LogP contribution in [0, 0.1) is 0 Å². The second-order valence-electron chi connectivity index (χ2n) is 1.62. The highest BCUT2D eigenvalue weighted by Crippen LogP contribution is 1.98. The van der Waals surface area contributed by atoms with Crippen molar-refractivity contribution in [3.05, 3.63) is 0 Å². The van der Waals surface area contributed by atoms with E-state index in [9.17, 15) is 4.79 Å². The Morgan fingerprint density at radius 1 is 1.55 bits per heavy atom. The number of carbonyl (C=O) groups is 1. The maximum atomic E-state index is 9.98. The Hall–Kier alpha value is -0.380. The smallest absolute Gasteiger partial charge is 0.314 e. The molecule has 11 heavy (non-hydrogen) atoms. The lowest BCUT2D eigenvalue weighted by molar-refractivity contribution is -0.140. The van der Waals surface area contributed by atoms with E-state index in [-0.39, 0.29) is 5.97 Å². The van der Waals surface area contributed by atoms with Crippen molar-refractivity contribution in [2.75, 3.05) is 6.61 Å². The highest BCUT2D eigenvalue weighted by atomic mass is 31.1. The van der Waals surface area contributed by atoms with Gasteiger partial charge in [-0.25, -0.2) is 0 Å². The Labute approximate surface area is 65.9 Å². The van der Waals surface area contributed by atoms with Crippen molar-refractivity contribution in [2.24, 2.45) is 0 Å². The minimum absolute atomic E-state index is 0.193. The second-order valence-corrected chi connectivity index (χ2v) is 2.19. The van der Waals surface area contributed by atoms with Crippen molar-refractivity contribution in [3.8, 4) is 0 Å². The molecule has 0 fully saturated rings. The molecule has 0 heterocycles. The summed E-state index contributed by atoms with van der Waals surface area (Å²) in [6.45, 7) is 3.92. The number of hydrogen-bond donors (Lipinski definition) is 2. The molecule has 0 spiro atoms. The summed E-state index contributed by atoms with van der Waals surface area (Å²) in [5.41, 5.74) is 0. The van der Waals surface area contributed by atoms with E-state index in [0.29, 0.717) is 6.61 Å². The number of esters is 1. The summed E-state index contributed by atoms with van der Waals surface area (Å²) in [7, 11) is -3.13. The molecule has 68 valence electrons. The molecular formula is C5H13O5P. The minimum Gasteiger partial charge on any atom is -0.466 e. The molecule has 0 bridgehead atoms. The third-order valence-electron chi connectivity index (χ3n) is 0.509. The first kappa shape index (κ1) is 13.2. The Bertz CT molecular complexity index is 120. The Morgan fingerprint density at radius 3 is 2.00 bits per heavy atom. The molecule has 2 N–H and O–H groups in total. The fourth-order valence-electron chi connectivity index (χ4n) is 0.246. The highest BCUT2D eigenvalue weighted by Gasteiger charge is 1.85. The Morgan fingerprint density at radius 2 is 1.91 bits per heavy atom. The molecule has 0 aliphatic carbocycles. The molecule has 0 rings (SSSR count). The SMILES string of the molecule is CCCOC(C)=O.O=[PH](O)O. The summed E-state index contributed by atoms with van der Waals surface area (Å²) < 4.78 is 13.3. The molecule has 0 aliphatic rings. The zero-order chi connectivity index (χ0) is 9.28. The van der Waals surface area contributed by atoms with Gasteiger partial charge in [-0.05, 0) is 6.42 Å². The number of hydrogen-bond acceptors (Lipinski definition) is 3. The molecule has 0 radical (unpaired) electrons. The van der Waals surface area contributed by atoms with Gasteiger partial charge in [0, 0.05) is 6.92 Å². The van der Waals surface area contributed by atoms with E-state index in [1.807, 2.05) is 6.92 Å². The lowest BCUT2D eigenvalue weighted by Crippen LogP contribution is -1.98. The topological polar surface area (TPSA) is 83.8 Å². The van der Waals surface area contributed by atoms with Crippen LogP contribution in [0.25, 0.3) is 0 Å². The molecule has 0 unspecified atom stereocenters. The van der Waals surface area contributed by atoms with Gasteiger partial charge in [-0.15, -0.1) is 0 Å². The molecule has 0 aromatic carbocycles. The normalized spacial score (nSPS) is 8.45. The van der Waals surface area contributed by atoms with E-state index in [0.717, 1.165) is 6.42 Å². The average molecular weight is 184 g/mol. The van der Waals surface area contributed by atoms with Crippen LogP contribution in [0.2, 0.25) is 0 Å². The van der Waals surface area contributed by atoms with Crippen LogP contribution in [0.1, 0.15) is 20.3 Å². The largest absolute Gasteiger partial charge is 0.466 e. The molecule has 0 saturated carbocycles. The lowest BCUT2D eigenvalue weighted by Gasteiger charge is -1.93. The number of ether oxygens (including phenoxy) is 1. The minimum atomic E-state index is -3.13. The van der Waals surface area contributed by atoms with Crippen LogP contribution in [0.5, 0.6) is 0 Å². The van der Waals surface area contributed by atoms with Crippen LogP contribution in [-0.2, 0) is 14.1 Å². The first-order chi connectivity index (χ1) is 5.00. The molecule has 5 nitrogen and oxygen atoms in total. The van der Waals surface area contributed by atoms with Crippen molar-refractivity contribution in [2.45, 2.75) is 20.3 Å². The van der Waals surface area contributed by atoms with Gasteiger partial charge < -0.3 is 14.5 Å². The summed E-state index contributed by atoms with van der Waals surface area (Å²) in [6, 6.07) is 0. The van der Waals surface area contributed by atoms with Crippen LogP contribution < -0.4 is 0 Å². The third kappa shape index (κ3) is 42.6. The summed E-state index contributed by atoms with van der Waals surface area (Å²) in [4.78, 5) is 24.3. The Balaban J connectivity index is 0. The fraction of sp³-hybridized carbons (Fsp3) is 0.800. The molecule has 0 amide bonds. The molecule has 0 aromatic rings. The van der Waals surface area contributed by atoms with Gasteiger partial charge in [0.15, 0.2) is 0 Å². The van der Waals surface area contributed by atoms with Crippen LogP contribution in [-0.4, -0.2) is 22.4 Å². The quantitative estimate of drug-likeness (QED) is 0.477. The van der Waals surface area contributed by atoms with E-state index < -0.39 is 8.25 Å². The first-order valence-corrected chi connectivity index (χ1v) is 4.36. The molecule has 0 aromatic heterocycles. The van der Waals surface area contributed by atoms with Gasteiger partial charge in [-0.2, -0.15) is 0 Å². The summed E-state index contributed by atoms with van der Waals surface area (Å²) in [5.74, 6) is -0.193. The summed E-state index contributed by atoms with van der Waals surface area (Å²) in [6.07, 6.45) is 0.902. The van der Waals surface area contributed by atoms with Crippen LogP contribution in [0.15, 0.2) is 0 Å². The maximum Gasteiger partial charge on any atom is 0.314 e. The van der Waals surface area contributed by atoms with Gasteiger partial charge in [0.2, 0.25) is 0 Å². The zero-order valence-corrected chi connectivity index (χ0v) is 7.53. The molecular weight excluding hydrogens is 171 g/mol. The van der Waals surface area contributed by atoms with Gasteiger partial charge in [-0.1, -0.05) is 6.92 Å². The predicted octanol–water partition coefficient (Wildman–Crippen LogP) is 0.320. The van der Waals surface area contributed by atoms with Crippen molar-refractivity contribution < 1.29 is 23.9 Å². The summed E-state index contributed by atoms with van der Waals surface area (Å²) in [5, 5.41) is 0. The lowest BCUT2D eigenvalue weighted by atomic mass is 10.5. The number of rotatable bonds is 2. The molecule has 0 aliphatic heterocycles. The summed E-state index contributed by atoms with van der Waals surface area (Å²) >= 11 is 0. The third-order valence-corrected chi connectivity index (χ3v) is 0.509. The van der Waals surface area contributed by atoms with Crippen molar-refractivity contribution in [1.82, 2.24) is 0 Å². The zero-order valence-electron chi connectivity index (χ0n) is 6.53. The Kier molecular flexibility index (Phi) is 11.6. The van der Waals surface area contributed by atoms with E-state index >= 15 is 0 Å². The second kappa shape index (κ2) is 9.62.